The molecule has 2 aromatic rings. The lowest BCUT2D eigenvalue weighted by molar-refractivity contribution is -0.138. The summed E-state index contributed by atoms with van der Waals surface area (Å²) in [6.45, 7) is 8.82. The van der Waals surface area contributed by atoms with Crippen LogP contribution in [0.5, 0.6) is 0 Å². The number of hydrogen-bond donors (Lipinski definition) is 3. The van der Waals surface area contributed by atoms with Crippen LogP contribution in [0, 0.1) is 5.92 Å². The summed E-state index contributed by atoms with van der Waals surface area (Å²) in [5.41, 5.74) is 8.62. The maximum atomic E-state index is 13.3. The van der Waals surface area contributed by atoms with Gasteiger partial charge in [-0.05, 0) is 87.5 Å². The van der Waals surface area contributed by atoms with E-state index in [1.165, 1.54) is 0 Å². The van der Waals surface area contributed by atoms with E-state index in [1.54, 1.807) is 6.20 Å². The number of halogens is 1. The molecule has 1 unspecified atom stereocenters. The molecule has 1 aromatic carbocycles. The Morgan fingerprint density at radius 3 is 2.45 bits per heavy atom. The van der Waals surface area contributed by atoms with Gasteiger partial charge in [0.2, 0.25) is 5.91 Å². The second kappa shape index (κ2) is 14.8. The molecule has 0 spiro atoms. The Bertz CT molecular complexity index is 1130. The molecule has 218 valence electrons. The molecule has 2 amide bonds. The largest absolute Gasteiger partial charge is 0.384 e. The highest BCUT2D eigenvalue weighted by molar-refractivity contribution is 9.10. The highest BCUT2D eigenvalue weighted by atomic mass is 79.9. The highest BCUT2D eigenvalue weighted by Crippen LogP contribution is 2.30. The number of nitrogens with zero attached hydrogens (tertiary/aromatic N) is 3. The van der Waals surface area contributed by atoms with Crippen LogP contribution in [0.25, 0.3) is 0 Å². The van der Waals surface area contributed by atoms with E-state index in [0.717, 1.165) is 92.7 Å². The molecular formula is C30H43BrN6O3. The van der Waals surface area contributed by atoms with Crippen molar-refractivity contribution in [2.24, 2.45) is 5.92 Å². The molecule has 9 nitrogen and oxygen atoms in total. The van der Waals surface area contributed by atoms with Crippen LogP contribution in [-0.2, 0) is 20.9 Å². The number of carbonyl (C=O) groups is 2. The fourth-order valence-corrected chi connectivity index (χ4v) is 6.02. The first-order valence-corrected chi connectivity index (χ1v) is 15.4. The summed E-state index contributed by atoms with van der Waals surface area (Å²) in [4.78, 5) is 34.4. The zero-order valence-electron chi connectivity index (χ0n) is 23.7. The predicted octanol–water partition coefficient (Wildman–Crippen LogP) is 4.89. The molecule has 3 aliphatic rings. The Hall–Kier alpha value is -2.69. The highest BCUT2D eigenvalue weighted by Gasteiger charge is 2.31. The molecule has 0 bridgehead atoms. The summed E-state index contributed by atoms with van der Waals surface area (Å²) >= 11 is 3.51. The Balaban J connectivity index is 0.00000181. The third-order valence-corrected chi connectivity index (χ3v) is 8.31. The van der Waals surface area contributed by atoms with Crippen molar-refractivity contribution in [1.82, 2.24) is 14.8 Å². The van der Waals surface area contributed by atoms with Gasteiger partial charge >= 0.3 is 0 Å². The normalized spacial score (nSPS) is 20.5. The molecule has 3 fully saturated rings. The first-order chi connectivity index (χ1) is 19.4. The molecule has 0 radical (unpaired) electrons. The lowest BCUT2D eigenvalue weighted by atomic mass is 9.93. The van der Waals surface area contributed by atoms with Crippen molar-refractivity contribution in [2.45, 2.75) is 71.1 Å². The van der Waals surface area contributed by atoms with Crippen LogP contribution in [0.3, 0.4) is 0 Å². The van der Waals surface area contributed by atoms with Crippen molar-refractivity contribution in [2.75, 3.05) is 49.2 Å². The van der Waals surface area contributed by atoms with Gasteiger partial charge in [0.05, 0.1) is 11.4 Å². The number of hydrogen-bond acceptors (Lipinski definition) is 7. The number of piperidine rings is 2. The number of benzene rings is 1. The average Bonchev–Trinajstić information content (AvgIpc) is 3.52. The first kappa shape index (κ1) is 30.3. The van der Waals surface area contributed by atoms with E-state index < -0.39 is 0 Å². The van der Waals surface area contributed by atoms with Gasteiger partial charge in [-0.3, -0.25) is 14.5 Å². The topological polar surface area (TPSA) is 113 Å². The Morgan fingerprint density at radius 1 is 1.02 bits per heavy atom. The Morgan fingerprint density at radius 2 is 1.77 bits per heavy atom. The molecule has 10 heteroatoms. The third-order valence-electron chi connectivity index (χ3n) is 7.82. The van der Waals surface area contributed by atoms with Gasteiger partial charge in [0.15, 0.2) is 0 Å². The van der Waals surface area contributed by atoms with Gasteiger partial charge in [0.25, 0.3) is 5.91 Å². The summed E-state index contributed by atoms with van der Waals surface area (Å²) in [6, 6.07) is 10.0. The molecule has 0 saturated carbocycles. The van der Waals surface area contributed by atoms with Gasteiger partial charge in [-0.25, -0.2) is 4.98 Å². The van der Waals surface area contributed by atoms with Crippen LogP contribution in [0.4, 0.5) is 17.2 Å². The van der Waals surface area contributed by atoms with Gasteiger partial charge in [0, 0.05) is 48.9 Å². The zero-order chi connectivity index (χ0) is 28.5. The number of ether oxygens (including phenoxy) is 1. The summed E-state index contributed by atoms with van der Waals surface area (Å²) in [6.07, 6.45) is 6.59. The van der Waals surface area contributed by atoms with Gasteiger partial charge in [-0.2, -0.15) is 0 Å². The Labute approximate surface area is 246 Å². The number of likely N-dealkylation sites (tertiary alicyclic amines) is 2. The van der Waals surface area contributed by atoms with E-state index in [4.69, 9.17) is 10.5 Å². The number of anilines is 3. The quantitative estimate of drug-likeness (QED) is 0.407. The van der Waals surface area contributed by atoms with E-state index in [1.807, 2.05) is 49.1 Å². The fourth-order valence-electron chi connectivity index (χ4n) is 5.65. The maximum absolute atomic E-state index is 13.3. The number of carbonyl (C=O) groups excluding carboxylic acids is 2. The van der Waals surface area contributed by atoms with E-state index in [9.17, 15) is 9.59 Å². The molecule has 1 atom stereocenters. The molecule has 4 N–H and O–H groups in total. The van der Waals surface area contributed by atoms with E-state index in [2.05, 4.69) is 36.4 Å². The second-order valence-electron chi connectivity index (χ2n) is 10.6. The number of nitrogen functional groups attached to an aromatic ring is 1. The summed E-state index contributed by atoms with van der Waals surface area (Å²) < 4.78 is 6.44. The Kier molecular flexibility index (Phi) is 11.2. The number of amides is 2. The monoisotopic (exact) mass is 614 g/mol. The SMILES string of the molecule is CC.Nc1cc(CN2CCC(C(=O)N3CCC(Nc4ccc(Br)cc4NC(=O)C4CCCO4)CC3)CC2)ccn1. The fraction of sp³-hybridized carbons (Fsp3) is 0.567. The molecule has 3 aliphatic heterocycles. The molecular weight excluding hydrogens is 572 g/mol. The van der Waals surface area contributed by atoms with Gasteiger partial charge < -0.3 is 26.0 Å². The van der Waals surface area contributed by atoms with Crippen LogP contribution in [0.15, 0.2) is 41.0 Å². The van der Waals surface area contributed by atoms with E-state index in [0.29, 0.717) is 18.3 Å². The first-order valence-electron chi connectivity index (χ1n) is 14.6. The zero-order valence-corrected chi connectivity index (χ0v) is 25.3. The van der Waals surface area contributed by atoms with Gasteiger partial charge in [-0.1, -0.05) is 29.8 Å². The van der Waals surface area contributed by atoms with Gasteiger partial charge in [-0.15, -0.1) is 0 Å². The number of pyridine rings is 1. The minimum atomic E-state index is -0.377. The lowest BCUT2D eigenvalue weighted by Crippen LogP contribution is -2.47. The molecule has 0 aliphatic carbocycles. The molecule has 5 rings (SSSR count). The summed E-state index contributed by atoms with van der Waals surface area (Å²) in [7, 11) is 0. The van der Waals surface area contributed by atoms with Crippen molar-refractivity contribution in [3.63, 3.8) is 0 Å². The molecule has 40 heavy (non-hydrogen) atoms. The third kappa shape index (κ3) is 8.17. The summed E-state index contributed by atoms with van der Waals surface area (Å²) in [5, 5.41) is 6.65. The van der Waals surface area contributed by atoms with Crippen LogP contribution >= 0.6 is 15.9 Å². The minimum absolute atomic E-state index is 0.0972. The molecule has 1 aromatic heterocycles. The van der Waals surface area contributed by atoms with Gasteiger partial charge in [0.1, 0.15) is 11.9 Å². The van der Waals surface area contributed by atoms with E-state index in [-0.39, 0.29) is 24.0 Å². The summed E-state index contributed by atoms with van der Waals surface area (Å²) in [5.74, 6) is 0.846. The van der Waals surface area contributed by atoms with Crippen LogP contribution in [0.2, 0.25) is 0 Å². The predicted molar refractivity (Wildman–Crippen MR) is 163 cm³/mol. The molecule has 4 heterocycles. The van der Waals surface area contributed by atoms with Crippen LogP contribution in [-0.4, -0.2) is 71.5 Å². The number of aromatic nitrogens is 1. The smallest absolute Gasteiger partial charge is 0.253 e. The van der Waals surface area contributed by atoms with Crippen molar-refractivity contribution in [1.29, 1.82) is 0 Å². The number of nitrogens with two attached hydrogens (primary N) is 1. The lowest BCUT2D eigenvalue weighted by Gasteiger charge is -2.37. The van der Waals surface area contributed by atoms with Crippen molar-refractivity contribution in [3.8, 4) is 0 Å². The standard InChI is InChI=1S/C28H37BrN6O3.C2H6/c29-21-3-4-23(24(17-21)33-27(36)25-2-1-15-38-25)32-22-8-13-35(14-9-22)28(37)20-6-11-34(12-7-20)18-19-5-10-31-26(30)16-19;1-2/h3-5,10,16-17,20,22,25,32H,1-2,6-9,11-15,18H2,(H2,30,31)(H,33,36);1-2H3. The van der Waals surface area contributed by atoms with Crippen LogP contribution < -0.4 is 16.4 Å². The van der Waals surface area contributed by atoms with Crippen LogP contribution in [0.1, 0.15) is 57.9 Å². The minimum Gasteiger partial charge on any atom is -0.384 e. The average molecular weight is 616 g/mol. The second-order valence-corrected chi connectivity index (χ2v) is 11.5. The molecule has 3 saturated heterocycles. The van der Waals surface area contributed by atoms with E-state index >= 15 is 0 Å². The van der Waals surface area contributed by atoms with Crippen molar-refractivity contribution < 1.29 is 14.3 Å². The van der Waals surface area contributed by atoms with Crippen molar-refractivity contribution >= 4 is 44.9 Å². The maximum Gasteiger partial charge on any atom is 0.253 e. The number of rotatable bonds is 7. The number of nitrogens with one attached hydrogen (secondary N) is 2. The van der Waals surface area contributed by atoms with Crippen molar-refractivity contribution in [3.05, 3.63) is 46.6 Å².